The molecule has 0 aliphatic rings. The number of furan rings is 1. The molecule has 7 heteroatoms. The maximum atomic E-state index is 10.9. The van der Waals surface area contributed by atoms with Gasteiger partial charge in [0.1, 0.15) is 12.4 Å². The van der Waals surface area contributed by atoms with Gasteiger partial charge in [-0.15, -0.1) is 0 Å². The Balaban J connectivity index is 1.79. The van der Waals surface area contributed by atoms with Crippen molar-refractivity contribution >= 4 is 33.5 Å². The topological polar surface area (TPSA) is 92.7 Å². The number of hydrogen-bond acceptors (Lipinski definition) is 5. The molecule has 2 aromatic carbocycles. The maximum Gasteiger partial charge on any atom is 0.371 e. The number of carbonyl (C=O) groups is 1. The van der Waals surface area contributed by atoms with Crippen molar-refractivity contribution in [2.45, 2.75) is 6.61 Å². The van der Waals surface area contributed by atoms with E-state index in [9.17, 15) is 10.1 Å². The van der Waals surface area contributed by atoms with Crippen molar-refractivity contribution in [3.05, 3.63) is 81.7 Å². The fourth-order valence-corrected chi connectivity index (χ4v) is 2.85. The lowest BCUT2D eigenvalue weighted by atomic mass is 10.0. The Morgan fingerprint density at radius 2 is 1.93 bits per heavy atom. The Labute approximate surface area is 175 Å². The van der Waals surface area contributed by atoms with Gasteiger partial charge in [-0.2, -0.15) is 5.26 Å². The monoisotopic (exact) mass is 453 g/mol. The highest BCUT2D eigenvalue weighted by molar-refractivity contribution is 9.10. The first kappa shape index (κ1) is 20.2. The van der Waals surface area contributed by atoms with E-state index >= 15 is 0 Å². The molecular formula is C22H16BrNO5. The highest BCUT2D eigenvalue weighted by Crippen LogP contribution is 2.31. The summed E-state index contributed by atoms with van der Waals surface area (Å²) in [6.07, 6.45) is 1.77. The zero-order valence-electron chi connectivity index (χ0n) is 15.4. The molecule has 0 bridgehead atoms. The lowest BCUT2D eigenvalue weighted by molar-refractivity contribution is 0.0658. The molecule has 3 rings (SSSR count). The average Bonchev–Trinajstić information content (AvgIpc) is 3.21. The van der Waals surface area contributed by atoms with Gasteiger partial charge in [0.05, 0.1) is 18.8 Å². The van der Waals surface area contributed by atoms with E-state index < -0.39 is 5.97 Å². The van der Waals surface area contributed by atoms with Crippen molar-refractivity contribution in [2.75, 3.05) is 7.11 Å². The number of nitriles is 1. The number of carboxylic acids is 1. The second-order valence-electron chi connectivity index (χ2n) is 5.95. The molecule has 1 heterocycles. The third-order valence-electron chi connectivity index (χ3n) is 4.02. The largest absolute Gasteiger partial charge is 0.493 e. The second kappa shape index (κ2) is 9.13. The van der Waals surface area contributed by atoms with E-state index in [-0.39, 0.29) is 12.4 Å². The van der Waals surface area contributed by atoms with Gasteiger partial charge in [0.25, 0.3) is 0 Å². The molecule has 0 fully saturated rings. The van der Waals surface area contributed by atoms with Gasteiger partial charge in [0.2, 0.25) is 5.76 Å². The van der Waals surface area contributed by atoms with E-state index in [4.69, 9.17) is 19.0 Å². The van der Waals surface area contributed by atoms with Gasteiger partial charge < -0.3 is 19.0 Å². The summed E-state index contributed by atoms with van der Waals surface area (Å²) in [4.78, 5) is 10.9. The molecule has 0 saturated heterocycles. The van der Waals surface area contributed by atoms with Gasteiger partial charge in [-0.05, 0) is 53.6 Å². The number of ether oxygens (including phenoxy) is 2. The number of rotatable bonds is 7. The zero-order chi connectivity index (χ0) is 20.8. The third kappa shape index (κ3) is 5.06. The van der Waals surface area contributed by atoms with Crippen molar-refractivity contribution in [3.8, 4) is 17.6 Å². The Kier molecular flexibility index (Phi) is 6.37. The van der Waals surface area contributed by atoms with Gasteiger partial charge in [-0.25, -0.2) is 4.79 Å². The molecule has 0 atom stereocenters. The van der Waals surface area contributed by atoms with E-state index in [1.807, 2.05) is 24.3 Å². The molecule has 29 heavy (non-hydrogen) atoms. The van der Waals surface area contributed by atoms with Crippen LogP contribution in [0.25, 0.3) is 11.6 Å². The van der Waals surface area contributed by atoms with Crippen LogP contribution in [0.2, 0.25) is 0 Å². The maximum absolute atomic E-state index is 10.9. The Morgan fingerprint density at radius 3 is 2.55 bits per heavy atom. The first-order chi connectivity index (χ1) is 14.0. The highest BCUT2D eigenvalue weighted by atomic mass is 79.9. The number of benzene rings is 2. The fourth-order valence-electron chi connectivity index (χ4n) is 2.59. The van der Waals surface area contributed by atoms with E-state index in [0.717, 1.165) is 15.6 Å². The first-order valence-electron chi connectivity index (χ1n) is 8.50. The van der Waals surface area contributed by atoms with Gasteiger partial charge in [-0.3, -0.25) is 0 Å². The number of nitrogens with zero attached hydrogens (tertiary/aromatic N) is 1. The molecule has 0 spiro atoms. The predicted molar refractivity (Wildman–Crippen MR) is 111 cm³/mol. The molecule has 1 N–H and O–H groups in total. The minimum Gasteiger partial charge on any atom is -0.493 e. The second-order valence-corrected chi connectivity index (χ2v) is 6.86. The molecule has 1 aromatic heterocycles. The summed E-state index contributed by atoms with van der Waals surface area (Å²) in [5.41, 5.74) is 2.10. The third-order valence-corrected chi connectivity index (χ3v) is 4.55. The molecule has 0 aliphatic heterocycles. The SMILES string of the molecule is COc1cc(C=C(C#N)c2ccc(Br)cc2)ccc1OCc1ccc(C(=O)O)o1. The number of carboxylic acid groups (broad SMARTS) is 1. The van der Waals surface area contributed by atoms with Crippen LogP contribution in [0, 0.1) is 11.3 Å². The molecule has 0 aliphatic carbocycles. The number of aromatic carboxylic acids is 1. The average molecular weight is 454 g/mol. The van der Waals surface area contributed by atoms with Crippen LogP contribution < -0.4 is 9.47 Å². The van der Waals surface area contributed by atoms with Crippen LogP contribution >= 0.6 is 15.9 Å². The summed E-state index contributed by atoms with van der Waals surface area (Å²) in [6.45, 7) is 0.0567. The summed E-state index contributed by atoms with van der Waals surface area (Å²) in [6, 6.07) is 17.9. The van der Waals surface area contributed by atoms with Crippen molar-refractivity contribution in [1.82, 2.24) is 0 Å². The number of halogens is 1. The molecule has 6 nitrogen and oxygen atoms in total. The van der Waals surface area contributed by atoms with E-state index in [2.05, 4.69) is 22.0 Å². The van der Waals surface area contributed by atoms with Crippen molar-refractivity contribution in [1.29, 1.82) is 5.26 Å². The van der Waals surface area contributed by atoms with Crippen LogP contribution in [0.3, 0.4) is 0 Å². The van der Waals surface area contributed by atoms with E-state index in [1.165, 1.54) is 13.2 Å². The van der Waals surface area contributed by atoms with Gasteiger partial charge >= 0.3 is 5.97 Å². The fraction of sp³-hybridized carbons (Fsp3) is 0.0909. The summed E-state index contributed by atoms with van der Waals surface area (Å²) in [5, 5.41) is 18.4. The van der Waals surface area contributed by atoms with Gasteiger partial charge in [0.15, 0.2) is 11.5 Å². The number of allylic oxidation sites excluding steroid dienone is 1. The Bertz CT molecular complexity index is 1090. The van der Waals surface area contributed by atoms with Crippen molar-refractivity contribution in [3.63, 3.8) is 0 Å². The lowest BCUT2D eigenvalue weighted by Crippen LogP contribution is -1.97. The first-order valence-corrected chi connectivity index (χ1v) is 9.30. The van der Waals surface area contributed by atoms with Crippen molar-refractivity contribution < 1.29 is 23.8 Å². The highest BCUT2D eigenvalue weighted by Gasteiger charge is 2.11. The summed E-state index contributed by atoms with van der Waals surface area (Å²) in [7, 11) is 1.52. The molecular weight excluding hydrogens is 438 g/mol. The summed E-state index contributed by atoms with van der Waals surface area (Å²) >= 11 is 3.38. The van der Waals surface area contributed by atoms with Crippen LogP contribution in [0.4, 0.5) is 0 Å². The van der Waals surface area contributed by atoms with Crippen LogP contribution in [0.5, 0.6) is 11.5 Å². The standard InChI is InChI=1S/C22H16BrNO5/c1-27-21-11-14(10-16(12-24)15-3-5-17(23)6-4-15)2-8-19(21)28-13-18-7-9-20(29-18)22(25)26/h2-11H,13H2,1H3,(H,25,26). The smallest absolute Gasteiger partial charge is 0.371 e. The van der Waals surface area contributed by atoms with Crippen molar-refractivity contribution in [2.24, 2.45) is 0 Å². The summed E-state index contributed by atoms with van der Waals surface area (Å²) < 4.78 is 17.2. The van der Waals surface area contributed by atoms with E-state index in [0.29, 0.717) is 22.8 Å². The van der Waals surface area contributed by atoms with Crippen LogP contribution in [0.15, 0.2) is 63.5 Å². The molecule has 0 radical (unpaired) electrons. The quantitative estimate of drug-likeness (QED) is 0.380. The Hall–Kier alpha value is -3.50. The lowest BCUT2D eigenvalue weighted by Gasteiger charge is -2.10. The van der Waals surface area contributed by atoms with Gasteiger partial charge in [0, 0.05) is 4.47 Å². The van der Waals surface area contributed by atoms with E-state index in [1.54, 1.807) is 30.3 Å². The zero-order valence-corrected chi connectivity index (χ0v) is 17.0. The minimum atomic E-state index is -1.14. The molecule has 3 aromatic rings. The molecule has 0 amide bonds. The number of methoxy groups -OCH3 is 1. The molecule has 0 unspecified atom stereocenters. The van der Waals surface area contributed by atoms with Crippen LogP contribution in [0.1, 0.15) is 27.4 Å². The van der Waals surface area contributed by atoms with Crippen LogP contribution in [-0.4, -0.2) is 18.2 Å². The minimum absolute atomic E-state index is 0.0567. The van der Waals surface area contributed by atoms with Gasteiger partial charge in [-0.1, -0.05) is 34.1 Å². The molecule has 146 valence electrons. The molecule has 0 saturated carbocycles. The van der Waals surface area contributed by atoms with Crippen LogP contribution in [-0.2, 0) is 6.61 Å². The summed E-state index contributed by atoms with van der Waals surface area (Å²) in [5.74, 6) is 0.0597. The number of hydrogen-bond donors (Lipinski definition) is 1. The predicted octanol–water partition coefficient (Wildman–Crippen LogP) is 5.39. The Morgan fingerprint density at radius 1 is 1.17 bits per heavy atom. The normalized spacial score (nSPS) is 11.0.